The summed E-state index contributed by atoms with van der Waals surface area (Å²) in [7, 11) is 0. The van der Waals surface area contributed by atoms with E-state index in [1.807, 2.05) is 6.07 Å². The molecule has 0 saturated heterocycles. The maximum Gasteiger partial charge on any atom is 0.343 e. The Kier molecular flexibility index (Phi) is 4.21. The molecule has 2 N–H and O–H groups in total. The van der Waals surface area contributed by atoms with E-state index in [1.54, 1.807) is 35.8 Å². The molecule has 0 spiro atoms. The Morgan fingerprint density at radius 1 is 1.25 bits per heavy atom. The van der Waals surface area contributed by atoms with Gasteiger partial charge in [0, 0.05) is 37.6 Å². The van der Waals surface area contributed by atoms with Crippen molar-refractivity contribution >= 4 is 16.9 Å². The van der Waals surface area contributed by atoms with Crippen molar-refractivity contribution in [1.29, 1.82) is 0 Å². The number of carbonyl (C=O) groups is 1. The van der Waals surface area contributed by atoms with E-state index < -0.39 is 11.6 Å². The van der Waals surface area contributed by atoms with Crippen LogP contribution in [-0.4, -0.2) is 25.7 Å². The molecular formula is C20H16N2O5Pt. The summed E-state index contributed by atoms with van der Waals surface area (Å²) in [6.45, 7) is 1.87. The molecule has 5 rings (SSSR count). The number of phenols is 1. The predicted molar refractivity (Wildman–Crippen MR) is 96.2 cm³/mol. The molecule has 0 amide bonds. The van der Waals surface area contributed by atoms with E-state index in [0.29, 0.717) is 34.6 Å². The van der Waals surface area contributed by atoms with Crippen LogP contribution in [0, 0.1) is 0 Å². The van der Waals surface area contributed by atoms with Crippen LogP contribution in [0.5, 0.6) is 5.75 Å². The molecule has 146 valence electrons. The fourth-order valence-electron chi connectivity index (χ4n) is 3.97. The maximum absolute atomic E-state index is 13.0. The first-order valence-electron chi connectivity index (χ1n) is 8.72. The van der Waals surface area contributed by atoms with Gasteiger partial charge in [-0.15, -0.1) is 0 Å². The fourth-order valence-corrected chi connectivity index (χ4v) is 3.97. The number of cyclic esters (lactones) is 1. The van der Waals surface area contributed by atoms with Crippen LogP contribution in [0.4, 0.5) is 0 Å². The van der Waals surface area contributed by atoms with E-state index in [1.165, 1.54) is 0 Å². The number of ether oxygens (including phenoxy) is 1. The van der Waals surface area contributed by atoms with Crippen LogP contribution in [0.15, 0.2) is 35.1 Å². The van der Waals surface area contributed by atoms with Crippen LogP contribution in [-0.2, 0) is 49.3 Å². The molecule has 0 saturated carbocycles. The number of benzene rings is 1. The Labute approximate surface area is 173 Å². The molecule has 2 aliphatic heterocycles. The van der Waals surface area contributed by atoms with Crippen molar-refractivity contribution in [3.8, 4) is 17.1 Å². The first-order chi connectivity index (χ1) is 12.9. The Morgan fingerprint density at radius 2 is 2.04 bits per heavy atom. The molecule has 28 heavy (non-hydrogen) atoms. The molecule has 0 aliphatic carbocycles. The van der Waals surface area contributed by atoms with Crippen LogP contribution < -0.4 is 5.56 Å². The molecule has 2 aliphatic rings. The second-order valence-corrected chi connectivity index (χ2v) is 6.98. The molecule has 0 radical (unpaired) electrons. The van der Waals surface area contributed by atoms with E-state index in [4.69, 9.17) is 4.74 Å². The van der Waals surface area contributed by atoms with Gasteiger partial charge in [0.15, 0.2) is 5.60 Å². The van der Waals surface area contributed by atoms with Crippen LogP contribution in [0.25, 0.3) is 22.3 Å². The van der Waals surface area contributed by atoms with E-state index in [-0.39, 0.29) is 45.4 Å². The first-order valence-corrected chi connectivity index (χ1v) is 8.72. The third-order valence-electron chi connectivity index (χ3n) is 5.49. The zero-order chi connectivity index (χ0) is 18.9. The summed E-state index contributed by atoms with van der Waals surface area (Å²) < 4.78 is 6.65. The van der Waals surface area contributed by atoms with Gasteiger partial charge in [0.1, 0.15) is 12.4 Å². The quantitative estimate of drug-likeness (QED) is 0.345. The number of carbonyl (C=O) groups excluding carboxylic acids is 1. The van der Waals surface area contributed by atoms with Crippen LogP contribution in [0.2, 0.25) is 0 Å². The smallest absolute Gasteiger partial charge is 0.343 e. The summed E-state index contributed by atoms with van der Waals surface area (Å²) in [6.07, 6.45) is 0.110. The molecule has 2 aromatic heterocycles. The molecule has 1 atom stereocenters. The number of hydrogen-bond donors (Lipinski definition) is 2. The molecular weight excluding hydrogens is 543 g/mol. The third kappa shape index (κ3) is 2.39. The minimum absolute atomic E-state index is 0. The van der Waals surface area contributed by atoms with Gasteiger partial charge in [-0.25, -0.2) is 9.78 Å². The van der Waals surface area contributed by atoms with E-state index in [9.17, 15) is 19.8 Å². The molecule has 1 aromatic carbocycles. The monoisotopic (exact) mass is 559 g/mol. The topological polar surface area (TPSA) is 102 Å². The number of rotatable bonds is 1. The molecule has 0 fully saturated rings. The van der Waals surface area contributed by atoms with E-state index in [0.717, 1.165) is 10.9 Å². The number of aromatic nitrogens is 2. The molecule has 3 aromatic rings. The minimum atomic E-state index is -1.83. The Balaban J connectivity index is 0.00000192. The second kappa shape index (κ2) is 6.26. The summed E-state index contributed by atoms with van der Waals surface area (Å²) >= 11 is 0. The molecule has 1 unspecified atom stereocenters. The van der Waals surface area contributed by atoms with Crippen molar-refractivity contribution in [3.63, 3.8) is 0 Å². The fraction of sp³-hybridized carbons (Fsp3) is 0.250. The van der Waals surface area contributed by atoms with Crippen molar-refractivity contribution in [3.05, 3.63) is 57.4 Å². The zero-order valence-corrected chi connectivity index (χ0v) is 17.1. The second-order valence-electron chi connectivity index (χ2n) is 6.98. The number of esters is 1. The van der Waals surface area contributed by atoms with Crippen molar-refractivity contribution in [2.45, 2.75) is 32.1 Å². The van der Waals surface area contributed by atoms with Gasteiger partial charge >= 0.3 is 5.97 Å². The summed E-state index contributed by atoms with van der Waals surface area (Å²) in [5.41, 5.74) is 1.25. The average molecular weight is 559 g/mol. The van der Waals surface area contributed by atoms with Crippen LogP contribution in [0.3, 0.4) is 0 Å². The van der Waals surface area contributed by atoms with Gasteiger partial charge in [0.05, 0.1) is 29.0 Å². The van der Waals surface area contributed by atoms with Gasteiger partial charge < -0.3 is 19.5 Å². The van der Waals surface area contributed by atoms with Gasteiger partial charge in [-0.2, -0.15) is 0 Å². The number of aliphatic hydroxyl groups is 1. The van der Waals surface area contributed by atoms with Crippen molar-refractivity contribution in [2.75, 3.05) is 0 Å². The normalized spacial score (nSPS) is 19.4. The van der Waals surface area contributed by atoms with Crippen molar-refractivity contribution in [2.24, 2.45) is 0 Å². The summed E-state index contributed by atoms with van der Waals surface area (Å²) in [5.74, 6) is -0.585. The van der Waals surface area contributed by atoms with Crippen LogP contribution in [0.1, 0.15) is 30.0 Å². The molecule has 7 nitrogen and oxygen atoms in total. The van der Waals surface area contributed by atoms with Gasteiger partial charge in [-0.1, -0.05) is 6.92 Å². The molecule has 8 heteroatoms. The molecule has 0 bridgehead atoms. The summed E-state index contributed by atoms with van der Waals surface area (Å²) in [6, 6.07) is 8.48. The third-order valence-corrected chi connectivity index (χ3v) is 5.49. The SMILES string of the molecule is CCC1(O)C(=O)OCc2c1cc1n(c2=O)Cc2cc3cc(O)ccc3nc2-1.[Pt]. The Morgan fingerprint density at radius 3 is 2.79 bits per heavy atom. The number of fused-ring (bicyclic) bond motifs is 5. The van der Waals surface area contributed by atoms with E-state index in [2.05, 4.69) is 4.98 Å². The van der Waals surface area contributed by atoms with Crippen LogP contribution >= 0.6 is 0 Å². The van der Waals surface area contributed by atoms with Gasteiger partial charge in [-0.05, 0) is 36.8 Å². The summed E-state index contributed by atoms with van der Waals surface area (Å²) in [4.78, 5) is 29.8. The standard InChI is InChI=1S/C20H16N2O5.Pt/c1-2-20(26)14-7-16-17-11(5-10-6-12(23)3-4-15(10)21-17)8-22(16)18(24)13(14)9-27-19(20)25;/h3-7,23,26H,2,8-9H2,1H3;. The number of hydrogen-bond acceptors (Lipinski definition) is 6. The van der Waals surface area contributed by atoms with Gasteiger partial charge in [0.2, 0.25) is 0 Å². The molecule has 4 heterocycles. The Hall–Kier alpha value is -2.50. The largest absolute Gasteiger partial charge is 0.508 e. The van der Waals surface area contributed by atoms with E-state index >= 15 is 0 Å². The number of nitrogens with zero attached hydrogens (tertiary/aromatic N) is 2. The Bertz CT molecular complexity index is 1220. The van der Waals surface area contributed by atoms with Gasteiger partial charge in [-0.3, -0.25) is 4.79 Å². The van der Waals surface area contributed by atoms with Crippen molar-refractivity contribution in [1.82, 2.24) is 9.55 Å². The average Bonchev–Trinajstić information content (AvgIpc) is 3.01. The predicted octanol–water partition coefficient (Wildman–Crippen LogP) is 1.78. The maximum atomic E-state index is 13.0. The van der Waals surface area contributed by atoms with Crippen molar-refractivity contribution < 1.29 is 40.8 Å². The van der Waals surface area contributed by atoms with Gasteiger partial charge in [0.25, 0.3) is 5.56 Å². The zero-order valence-electron chi connectivity index (χ0n) is 14.8. The minimum Gasteiger partial charge on any atom is -0.508 e. The number of pyridine rings is 2. The number of aromatic hydroxyl groups is 1. The summed E-state index contributed by atoms with van der Waals surface area (Å²) in [5, 5.41) is 21.3. The first kappa shape index (κ1) is 18.8. The number of phenolic OH excluding ortho intramolecular Hbond substituents is 1.